The van der Waals surface area contributed by atoms with Crippen LogP contribution in [0.4, 0.5) is 18.9 Å². The van der Waals surface area contributed by atoms with Crippen molar-refractivity contribution in [2.45, 2.75) is 19.5 Å². The molecule has 0 aliphatic rings. The van der Waals surface area contributed by atoms with Crippen molar-refractivity contribution in [1.82, 2.24) is 0 Å². The van der Waals surface area contributed by atoms with Crippen molar-refractivity contribution in [2.24, 2.45) is 0 Å². The maximum absolute atomic E-state index is 13.0. The van der Waals surface area contributed by atoms with E-state index in [0.29, 0.717) is 24.0 Å². The summed E-state index contributed by atoms with van der Waals surface area (Å²) in [5.41, 5.74) is -0.502. The number of hydrogen-bond acceptors (Lipinski definition) is 2. The number of alkyl halides is 3. The van der Waals surface area contributed by atoms with Crippen LogP contribution < -0.4 is 4.90 Å². The molecule has 2 nitrogen and oxygen atoms in total. The summed E-state index contributed by atoms with van der Waals surface area (Å²) in [4.78, 5) is 1.62. The maximum Gasteiger partial charge on any atom is 0.418 e. The number of aliphatic hydroxyl groups excluding tert-OH is 1. The van der Waals surface area contributed by atoms with Crippen LogP contribution in [0.5, 0.6) is 0 Å². The molecule has 0 aromatic heterocycles. The molecular formula is C12H15BrF3NO. The fourth-order valence-electron chi connectivity index (χ4n) is 1.72. The van der Waals surface area contributed by atoms with E-state index < -0.39 is 11.7 Å². The van der Waals surface area contributed by atoms with Gasteiger partial charge in [0, 0.05) is 29.9 Å². The summed E-state index contributed by atoms with van der Waals surface area (Å²) in [5.74, 6) is 0. The highest BCUT2D eigenvalue weighted by Crippen LogP contribution is 2.38. The second-order valence-electron chi connectivity index (χ2n) is 3.82. The van der Waals surface area contributed by atoms with Crippen LogP contribution in [0.2, 0.25) is 0 Å². The molecule has 0 atom stereocenters. The Balaban J connectivity index is 3.13. The molecule has 1 aromatic rings. The molecule has 0 saturated carbocycles. The topological polar surface area (TPSA) is 23.5 Å². The SMILES string of the molecule is CCN(CCCO)c1ccc(Br)cc1C(F)(F)F. The lowest BCUT2D eigenvalue weighted by Crippen LogP contribution is -2.27. The Hall–Kier alpha value is -0.750. The van der Waals surface area contributed by atoms with Gasteiger partial charge in [-0.05, 0) is 31.5 Å². The first-order valence-corrected chi connectivity index (χ1v) is 6.42. The lowest BCUT2D eigenvalue weighted by atomic mass is 10.1. The quantitative estimate of drug-likeness (QED) is 0.892. The summed E-state index contributed by atoms with van der Waals surface area (Å²) in [7, 11) is 0. The van der Waals surface area contributed by atoms with E-state index in [0.717, 1.165) is 6.07 Å². The molecule has 6 heteroatoms. The summed E-state index contributed by atoms with van der Waals surface area (Å²) in [6.07, 6.45) is -3.94. The highest BCUT2D eigenvalue weighted by molar-refractivity contribution is 9.10. The van der Waals surface area contributed by atoms with Crippen LogP contribution in [0.3, 0.4) is 0 Å². The summed E-state index contributed by atoms with van der Waals surface area (Å²) in [6.45, 7) is 2.62. The fraction of sp³-hybridized carbons (Fsp3) is 0.500. The summed E-state index contributed by atoms with van der Waals surface area (Å²) in [6, 6.07) is 4.12. The third-order valence-electron chi connectivity index (χ3n) is 2.57. The van der Waals surface area contributed by atoms with Crippen LogP contribution >= 0.6 is 15.9 Å². The number of benzene rings is 1. The van der Waals surface area contributed by atoms with E-state index in [1.165, 1.54) is 6.07 Å². The minimum atomic E-state index is -4.38. The van der Waals surface area contributed by atoms with E-state index in [-0.39, 0.29) is 12.3 Å². The predicted octanol–water partition coefficient (Wildman–Crippen LogP) is 3.68. The van der Waals surface area contributed by atoms with Crippen molar-refractivity contribution < 1.29 is 18.3 Å². The molecule has 0 aliphatic carbocycles. The Labute approximate surface area is 113 Å². The van der Waals surface area contributed by atoms with Crippen molar-refractivity contribution in [2.75, 3.05) is 24.6 Å². The van der Waals surface area contributed by atoms with Gasteiger partial charge in [-0.1, -0.05) is 15.9 Å². The molecule has 0 aliphatic heterocycles. The number of hydrogen-bond donors (Lipinski definition) is 1. The number of nitrogens with zero attached hydrogens (tertiary/aromatic N) is 1. The predicted molar refractivity (Wildman–Crippen MR) is 68.7 cm³/mol. The monoisotopic (exact) mass is 325 g/mol. The Kier molecular flexibility index (Phi) is 5.47. The lowest BCUT2D eigenvalue weighted by Gasteiger charge is -2.26. The fourth-order valence-corrected chi connectivity index (χ4v) is 2.08. The van der Waals surface area contributed by atoms with Crippen LogP contribution in [0.15, 0.2) is 22.7 Å². The molecule has 0 fully saturated rings. The largest absolute Gasteiger partial charge is 0.418 e. The summed E-state index contributed by atoms with van der Waals surface area (Å²) >= 11 is 3.05. The van der Waals surface area contributed by atoms with Crippen LogP contribution in [0.25, 0.3) is 0 Å². The molecule has 0 bridgehead atoms. The zero-order chi connectivity index (χ0) is 13.8. The molecule has 1 aromatic carbocycles. The van der Waals surface area contributed by atoms with Crippen LogP contribution in [0, 0.1) is 0 Å². The number of halogens is 4. The van der Waals surface area contributed by atoms with E-state index in [1.807, 2.05) is 0 Å². The van der Waals surface area contributed by atoms with Gasteiger partial charge in [0.25, 0.3) is 0 Å². The Morgan fingerprint density at radius 3 is 2.50 bits per heavy atom. The van der Waals surface area contributed by atoms with Gasteiger partial charge in [-0.15, -0.1) is 0 Å². The lowest BCUT2D eigenvalue weighted by molar-refractivity contribution is -0.137. The molecule has 102 valence electrons. The van der Waals surface area contributed by atoms with Gasteiger partial charge in [0.15, 0.2) is 0 Å². The van der Waals surface area contributed by atoms with Gasteiger partial charge in [-0.2, -0.15) is 13.2 Å². The Bertz CT molecular complexity index is 395. The molecule has 0 heterocycles. The summed E-state index contributed by atoms with van der Waals surface area (Å²) in [5, 5.41) is 8.77. The number of anilines is 1. The second-order valence-corrected chi connectivity index (χ2v) is 4.73. The average molecular weight is 326 g/mol. The minimum Gasteiger partial charge on any atom is -0.396 e. The van der Waals surface area contributed by atoms with Gasteiger partial charge in [-0.3, -0.25) is 0 Å². The normalized spacial score (nSPS) is 11.7. The van der Waals surface area contributed by atoms with E-state index >= 15 is 0 Å². The van der Waals surface area contributed by atoms with Crippen molar-refractivity contribution in [3.05, 3.63) is 28.2 Å². The minimum absolute atomic E-state index is 0.0334. The first-order chi connectivity index (χ1) is 8.40. The van der Waals surface area contributed by atoms with E-state index in [4.69, 9.17) is 5.11 Å². The van der Waals surface area contributed by atoms with Crippen molar-refractivity contribution >= 4 is 21.6 Å². The van der Waals surface area contributed by atoms with Gasteiger partial charge in [-0.25, -0.2) is 0 Å². The molecular weight excluding hydrogens is 311 g/mol. The highest BCUT2D eigenvalue weighted by atomic mass is 79.9. The van der Waals surface area contributed by atoms with Crippen molar-refractivity contribution in [3.8, 4) is 0 Å². The maximum atomic E-state index is 13.0. The standard InChI is InChI=1S/C12H15BrF3NO/c1-2-17(6-3-7-18)11-5-4-9(13)8-10(11)12(14,15)16/h4-5,8,18H,2-3,6-7H2,1H3. The van der Waals surface area contributed by atoms with Gasteiger partial charge in [0.1, 0.15) is 0 Å². The molecule has 0 amide bonds. The van der Waals surface area contributed by atoms with Gasteiger partial charge >= 0.3 is 6.18 Å². The average Bonchev–Trinajstić information content (AvgIpc) is 2.30. The van der Waals surface area contributed by atoms with Crippen LogP contribution in [-0.2, 0) is 6.18 Å². The Morgan fingerprint density at radius 1 is 1.33 bits per heavy atom. The smallest absolute Gasteiger partial charge is 0.396 e. The molecule has 1 rings (SSSR count). The molecule has 0 spiro atoms. The number of rotatable bonds is 5. The Morgan fingerprint density at radius 2 is 2.00 bits per heavy atom. The van der Waals surface area contributed by atoms with E-state index in [2.05, 4.69) is 15.9 Å². The first kappa shape index (κ1) is 15.3. The molecule has 18 heavy (non-hydrogen) atoms. The molecule has 1 N–H and O–H groups in total. The van der Waals surface area contributed by atoms with Crippen LogP contribution in [0.1, 0.15) is 18.9 Å². The van der Waals surface area contributed by atoms with Gasteiger partial charge in [0.2, 0.25) is 0 Å². The van der Waals surface area contributed by atoms with Crippen molar-refractivity contribution in [3.63, 3.8) is 0 Å². The summed E-state index contributed by atoms with van der Waals surface area (Å²) < 4.78 is 39.3. The zero-order valence-corrected chi connectivity index (χ0v) is 11.6. The van der Waals surface area contributed by atoms with E-state index in [1.54, 1.807) is 17.9 Å². The molecule has 0 unspecified atom stereocenters. The number of aliphatic hydroxyl groups is 1. The highest BCUT2D eigenvalue weighted by Gasteiger charge is 2.34. The van der Waals surface area contributed by atoms with Crippen LogP contribution in [-0.4, -0.2) is 24.8 Å². The van der Waals surface area contributed by atoms with Crippen molar-refractivity contribution in [1.29, 1.82) is 0 Å². The zero-order valence-electron chi connectivity index (χ0n) is 9.97. The van der Waals surface area contributed by atoms with E-state index in [9.17, 15) is 13.2 Å². The molecule has 0 saturated heterocycles. The first-order valence-electron chi connectivity index (χ1n) is 5.62. The molecule has 0 radical (unpaired) electrons. The van der Waals surface area contributed by atoms with Gasteiger partial charge in [0.05, 0.1) is 5.56 Å². The van der Waals surface area contributed by atoms with Gasteiger partial charge < -0.3 is 10.0 Å². The third kappa shape index (κ3) is 3.88. The second kappa shape index (κ2) is 6.43. The third-order valence-corrected chi connectivity index (χ3v) is 3.07.